The maximum Gasteiger partial charge on any atom is 0.125 e. The van der Waals surface area contributed by atoms with E-state index < -0.39 is 6.10 Å². The van der Waals surface area contributed by atoms with E-state index in [9.17, 15) is 5.11 Å². The first-order valence-electron chi connectivity index (χ1n) is 6.60. The number of hydrogen-bond donors (Lipinski definition) is 1. The van der Waals surface area contributed by atoms with Crippen molar-refractivity contribution in [2.75, 3.05) is 6.61 Å². The van der Waals surface area contributed by atoms with Gasteiger partial charge in [-0.25, -0.2) is 0 Å². The van der Waals surface area contributed by atoms with Gasteiger partial charge < -0.3 is 9.84 Å². The van der Waals surface area contributed by atoms with Crippen molar-refractivity contribution in [2.24, 2.45) is 0 Å². The Morgan fingerprint density at radius 1 is 1.16 bits per heavy atom. The van der Waals surface area contributed by atoms with E-state index in [2.05, 4.69) is 4.98 Å². The molecular weight excluding hydrogens is 238 g/mol. The van der Waals surface area contributed by atoms with E-state index in [1.54, 1.807) is 12.4 Å². The van der Waals surface area contributed by atoms with Gasteiger partial charge in [0.2, 0.25) is 0 Å². The molecule has 1 aromatic carbocycles. The molecule has 0 fully saturated rings. The SMILES string of the molecule is CCOc1ccccc1C(O)CCc1ccncc1. The van der Waals surface area contributed by atoms with Crippen molar-refractivity contribution in [2.45, 2.75) is 25.9 Å². The summed E-state index contributed by atoms with van der Waals surface area (Å²) in [4.78, 5) is 3.99. The third-order valence-corrected chi connectivity index (χ3v) is 3.03. The minimum atomic E-state index is -0.504. The van der Waals surface area contributed by atoms with E-state index >= 15 is 0 Å². The predicted molar refractivity (Wildman–Crippen MR) is 75.1 cm³/mol. The van der Waals surface area contributed by atoms with Gasteiger partial charge >= 0.3 is 0 Å². The molecule has 100 valence electrons. The lowest BCUT2D eigenvalue weighted by atomic mass is 10.0. The number of aromatic nitrogens is 1. The van der Waals surface area contributed by atoms with Gasteiger partial charge in [-0.2, -0.15) is 0 Å². The van der Waals surface area contributed by atoms with Crippen LogP contribution in [0.2, 0.25) is 0 Å². The van der Waals surface area contributed by atoms with E-state index in [4.69, 9.17) is 4.74 Å². The van der Waals surface area contributed by atoms with Gasteiger partial charge in [0.15, 0.2) is 0 Å². The Hall–Kier alpha value is -1.87. The van der Waals surface area contributed by atoms with Crippen LogP contribution in [0.25, 0.3) is 0 Å². The number of para-hydroxylation sites is 1. The Morgan fingerprint density at radius 2 is 1.89 bits per heavy atom. The monoisotopic (exact) mass is 257 g/mol. The molecule has 2 aromatic rings. The maximum atomic E-state index is 10.3. The average molecular weight is 257 g/mol. The van der Waals surface area contributed by atoms with E-state index in [1.807, 2.05) is 43.3 Å². The van der Waals surface area contributed by atoms with Crippen LogP contribution in [0.4, 0.5) is 0 Å². The lowest BCUT2D eigenvalue weighted by Crippen LogP contribution is -2.03. The van der Waals surface area contributed by atoms with Crippen LogP contribution >= 0.6 is 0 Å². The van der Waals surface area contributed by atoms with Crippen molar-refractivity contribution in [1.82, 2.24) is 4.98 Å². The predicted octanol–water partition coefficient (Wildman–Crippen LogP) is 3.15. The number of ether oxygens (including phenoxy) is 1. The molecule has 19 heavy (non-hydrogen) atoms. The Balaban J connectivity index is 2.01. The Bertz CT molecular complexity index is 499. The number of aryl methyl sites for hydroxylation is 1. The number of pyridine rings is 1. The molecule has 1 aromatic heterocycles. The number of nitrogens with zero attached hydrogens (tertiary/aromatic N) is 1. The van der Waals surface area contributed by atoms with Gasteiger partial charge in [-0.05, 0) is 43.5 Å². The summed E-state index contributed by atoms with van der Waals surface area (Å²) in [7, 11) is 0. The quantitative estimate of drug-likeness (QED) is 0.864. The highest BCUT2D eigenvalue weighted by Crippen LogP contribution is 2.28. The molecule has 0 aliphatic rings. The molecule has 0 radical (unpaired) electrons. The number of hydrogen-bond acceptors (Lipinski definition) is 3. The van der Waals surface area contributed by atoms with Gasteiger partial charge in [0.25, 0.3) is 0 Å². The van der Waals surface area contributed by atoms with Crippen molar-refractivity contribution in [3.8, 4) is 5.75 Å². The number of aliphatic hydroxyl groups excluding tert-OH is 1. The van der Waals surface area contributed by atoms with Crippen LogP contribution in [0.3, 0.4) is 0 Å². The summed E-state index contributed by atoms with van der Waals surface area (Å²) in [6.45, 7) is 2.55. The van der Waals surface area contributed by atoms with Gasteiger partial charge in [-0.1, -0.05) is 18.2 Å². The van der Waals surface area contributed by atoms with Crippen molar-refractivity contribution >= 4 is 0 Å². The minimum absolute atomic E-state index is 0.504. The molecule has 3 nitrogen and oxygen atoms in total. The zero-order valence-electron chi connectivity index (χ0n) is 11.1. The highest BCUT2D eigenvalue weighted by molar-refractivity contribution is 5.35. The molecule has 0 spiro atoms. The normalized spacial score (nSPS) is 12.1. The second-order valence-electron chi connectivity index (χ2n) is 4.38. The molecule has 1 atom stereocenters. The van der Waals surface area contributed by atoms with Crippen LogP contribution in [-0.2, 0) is 6.42 Å². The van der Waals surface area contributed by atoms with Crippen molar-refractivity contribution in [1.29, 1.82) is 0 Å². The molecule has 0 aliphatic carbocycles. The molecule has 3 heteroatoms. The standard InChI is InChI=1S/C16H19NO2/c1-2-19-16-6-4-3-5-14(16)15(18)8-7-13-9-11-17-12-10-13/h3-6,9-12,15,18H,2,7-8H2,1H3. The molecule has 0 amide bonds. The van der Waals surface area contributed by atoms with Crippen LogP contribution in [0.5, 0.6) is 5.75 Å². The van der Waals surface area contributed by atoms with Gasteiger partial charge in [-0.15, -0.1) is 0 Å². The van der Waals surface area contributed by atoms with Crippen molar-refractivity contribution < 1.29 is 9.84 Å². The van der Waals surface area contributed by atoms with Crippen molar-refractivity contribution in [3.63, 3.8) is 0 Å². The first-order chi connectivity index (χ1) is 9.31. The fraction of sp³-hybridized carbons (Fsp3) is 0.312. The van der Waals surface area contributed by atoms with Crippen LogP contribution in [0.1, 0.15) is 30.6 Å². The topological polar surface area (TPSA) is 42.4 Å². The minimum Gasteiger partial charge on any atom is -0.493 e. The fourth-order valence-corrected chi connectivity index (χ4v) is 2.05. The van der Waals surface area contributed by atoms with Crippen molar-refractivity contribution in [3.05, 3.63) is 59.9 Å². The van der Waals surface area contributed by atoms with Gasteiger partial charge in [-0.3, -0.25) is 4.98 Å². The molecule has 1 N–H and O–H groups in total. The lowest BCUT2D eigenvalue weighted by molar-refractivity contribution is 0.162. The third-order valence-electron chi connectivity index (χ3n) is 3.03. The first kappa shape index (κ1) is 13.6. The molecule has 0 saturated heterocycles. The second-order valence-corrected chi connectivity index (χ2v) is 4.38. The van der Waals surface area contributed by atoms with Gasteiger partial charge in [0, 0.05) is 18.0 Å². The summed E-state index contributed by atoms with van der Waals surface area (Å²) < 4.78 is 5.54. The molecule has 0 bridgehead atoms. The fourth-order valence-electron chi connectivity index (χ4n) is 2.05. The third kappa shape index (κ3) is 3.80. The van der Waals surface area contributed by atoms with E-state index in [0.717, 1.165) is 17.7 Å². The van der Waals surface area contributed by atoms with Crippen LogP contribution in [0, 0.1) is 0 Å². The summed E-state index contributed by atoms with van der Waals surface area (Å²) in [5.74, 6) is 0.771. The van der Waals surface area contributed by atoms with E-state index in [0.29, 0.717) is 13.0 Å². The van der Waals surface area contributed by atoms with Crippen LogP contribution in [-0.4, -0.2) is 16.7 Å². The number of aliphatic hydroxyl groups is 1. The Labute approximate surface area is 113 Å². The summed E-state index contributed by atoms with van der Waals surface area (Å²) in [6.07, 6.45) is 4.54. The number of benzene rings is 1. The van der Waals surface area contributed by atoms with Crippen LogP contribution in [0.15, 0.2) is 48.8 Å². The second kappa shape index (κ2) is 6.90. The zero-order valence-corrected chi connectivity index (χ0v) is 11.1. The molecule has 1 unspecified atom stereocenters. The maximum absolute atomic E-state index is 10.3. The zero-order chi connectivity index (χ0) is 13.5. The van der Waals surface area contributed by atoms with E-state index in [-0.39, 0.29) is 0 Å². The Morgan fingerprint density at radius 3 is 2.63 bits per heavy atom. The lowest BCUT2D eigenvalue weighted by Gasteiger charge is -2.15. The van der Waals surface area contributed by atoms with Gasteiger partial charge in [0.1, 0.15) is 5.75 Å². The highest BCUT2D eigenvalue weighted by Gasteiger charge is 2.12. The van der Waals surface area contributed by atoms with E-state index in [1.165, 1.54) is 5.56 Å². The summed E-state index contributed by atoms with van der Waals surface area (Å²) >= 11 is 0. The van der Waals surface area contributed by atoms with Gasteiger partial charge in [0.05, 0.1) is 12.7 Å². The molecule has 1 heterocycles. The summed E-state index contributed by atoms with van der Waals surface area (Å²) in [5.41, 5.74) is 2.04. The molecule has 0 saturated carbocycles. The Kier molecular flexibility index (Phi) is 4.93. The average Bonchev–Trinajstić information content (AvgIpc) is 2.47. The molecular formula is C16H19NO2. The first-order valence-corrected chi connectivity index (χ1v) is 6.60. The smallest absolute Gasteiger partial charge is 0.125 e. The molecule has 2 rings (SSSR count). The summed E-state index contributed by atoms with van der Waals surface area (Å²) in [5, 5.41) is 10.3. The summed E-state index contributed by atoms with van der Waals surface area (Å²) in [6, 6.07) is 11.6. The largest absolute Gasteiger partial charge is 0.493 e. The highest BCUT2D eigenvalue weighted by atomic mass is 16.5. The molecule has 0 aliphatic heterocycles. The number of rotatable bonds is 6. The van der Waals surface area contributed by atoms with Crippen LogP contribution < -0.4 is 4.74 Å².